The number of aromatic hydroxyl groups is 1. The second-order valence-corrected chi connectivity index (χ2v) is 14.2. The van der Waals surface area contributed by atoms with Gasteiger partial charge in [-0.3, -0.25) is 9.89 Å². The lowest BCUT2D eigenvalue weighted by Crippen LogP contribution is -2.46. The van der Waals surface area contributed by atoms with Crippen LogP contribution in [0.3, 0.4) is 0 Å². The van der Waals surface area contributed by atoms with Gasteiger partial charge < -0.3 is 10.2 Å². The SMILES string of the molecule is C=C(O)/C(=C\CC(C)N(C)C1CCCC[C@H]1/N=C/c1cc(C(C)(C)C)cc(C(C)(C)C)c1O)C(C)(C)C. The van der Waals surface area contributed by atoms with E-state index in [-0.39, 0.29) is 28.0 Å². The van der Waals surface area contributed by atoms with Gasteiger partial charge >= 0.3 is 0 Å². The first-order valence-electron chi connectivity index (χ1n) is 14.1. The van der Waals surface area contributed by atoms with Crippen molar-refractivity contribution in [3.05, 3.63) is 52.8 Å². The largest absolute Gasteiger partial charge is 0.508 e. The highest BCUT2D eigenvalue weighted by Gasteiger charge is 2.31. The smallest absolute Gasteiger partial charge is 0.128 e. The minimum absolute atomic E-state index is 0.0153. The molecule has 1 saturated carbocycles. The van der Waals surface area contributed by atoms with Gasteiger partial charge in [-0.05, 0) is 66.7 Å². The zero-order chi connectivity index (χ0) is 28.3. The molecule has 3 atom stereocenters. The molecule has 0 spiro atoms. The van der Waals surface area contributed by atoms with Gasteiger partial charge in [-0.25, -0.2) is 0 Å². The van der Waals surface area contributed by atoms with Crippen LogP contribution in [0.1, 0.15) is 118 Å². The highest BCUT2D eigenvalue weighted by molar-refractivity contribution is 5.85. The molecule has 1 aliphatic rings. The van der Waals surface area contributed by atoms with Gasteiger partial charge in [-0.1, -0.05) is 93.9 Å². The molecule has 0 saturated heterocycles. The number of allylic oxidation sites excluding steroid dienone is 1. The van der Waals surface area contributed by atoms with Gasteiger partial charge in [0.05, 0.1) is 6.04 Å². The predicted octanol–water partition coefficient (Wildman–Crippen LogP) is 8.47. The summed E-state index contributed by atoms with van der Waals surface area (Å²) in [6.07, 6.45) is 9.49. The zero-order valence-electron chi connectivity index (χ0n) is 25.6. The third kappa shape index (κ3) is 8.21. The van der Waals surface area contributed by atoms with Gasteiger partial charge in [0.15, 0.2) is 0 Å². The summed E-state index contributed by atoms with van der Waals surface area (Å²) in [7, 11) is 2.21. The first-order chi connectivity index (χ1) is 16.8. The number of phenolic OH excluding ortho intramolecular Hbond substituents is 1. The number of hydrogen-bond acceptors (Lipinski definition) is 4. The van der Waals surface area contributed by atoms with Crippen LogP contribution in [0, 0.1) is 5.41 Å². The molecule has 0 radical (unpaired) electrons. The highest BCUT2D eigenvalue weighted by atomic mass is 16.3. The Bertz CT molecular complexity index is 999. The van der Waals surface area contributed by atoms with Crippen molar-refractivity contribution in [2.45, 2.75) is 130 Å². The summed E-state index contributed by atoms with van der Waals surface area (Å²) in [4.78, 5) is 7.57. The lowest BCUT2D eigenvalue weighted by Gasteiger charge is -2.39. The maximum absolute atomic E-state index is 11.2. The first-order valence-corrected chi connectivity index (χ1v) is 14.1. The van der Waals surface area contributed by atoms with Crippen molar-refractivity contribution >= 4 is 6.21 Å². The fourth-order valence-corrected chi connectivity index (χ4v) is 5.32. The minimum atomic E-state index is -0.156. The van der Waals surface area contributed by atoms with E-state index in [0.717, 1.165) is 36.0 Å². The number of aliphatic hydroxyl groups is 1. The maximum atomic E-state index is 11.2. The lowest BCUT2D eigenvalue weighted by molar-refractivity contribution is 0.130. The van der Waals surface area contributed by atoms with Crippen molar-refractivity contribution in [1.29, 1.82) is 0 Å². The molecular weight excluding hydrogens is 456 g/mol. The number of benzene rings is 1. The number of rotatable bonds is 7. The van der Waals surface area contributed by atoms with E-state index in [2.05, 4.69) is 106 Å². The predicted molar refractivity (Wildman–Crippen MR) is 160 cm³/mol. The van der Waals surface area contributed by atoms with E-state index in [4.69, 9.17) is 4.99 Å². The van der Waals surface area contributed by atoms with Crippen molar-refractivity contribution in [2.24, 2.45) is 10.4 Å². The molecule has 0 aromatic heterocycles. The Balaban J connectivity index is 2.34. The highest BCUT2D eigenvalue weighted by Crippen LogP contribution is 2.37. The quantitative estimate of drug-likeness (QED) is 0.220. The average molecular weight is 511 g/mol. The summed E-state index contributed by atoms with van der Waals surface area (Å²) < 4.78 is 0. The van der Waals surface area contributed by atoms with Crippen LogP contribution in [0.4, 0.5) is 0 Å². The molecule has 0 aliphatic heterocycles. The molecule has 2 N–H and O–H groups in total. The van der Waals surface area contributed by atoms with Crippen LogP contribution in [0.25, 0.3) is 0 Å². The third-order valence-corrected chi connectivity index (χ3v) is 7.91. The lowest BCUT2D eigenvalue weighted by atomic mass is 9.79. The minimum Gasteiger partial charge on any atom is -0.508 e. The summed E-state index contributed by atoms with van der Waals surface area (Å²) in [5.41, 5.74) is 3.60. The molecule has 1 aliphatic carbocycles. The van der Waals surface area contributed by atoms with Crippen LogP contribution in [-0.2, 0) is 10.8 Å². The Morgan fingerprint density at radius 1 is 1.05 bits per heavy atom. The van der Waals surface area contributed by atoms with E-state index in [0.29, 0.717) is 17.8 Å². The van der Waals surface area contributed by atoms with Crippen LogP contribution in [0.2, 0.25) is 0 Å². The van der Waals surface area contributed by atoms with Crippen LogP contribution in [-0.4, -0.2) is 46.5 Å². The van der Waals surface area contributed by atoms with Gasteiger partial charge in [-0.2, -0.15) is 0 Å². The van der Waals surface area contributed by atoms with Crippen molar-refractivity contribution < 1.29 is 10.2 Å². The normalized spacial score (nSPS) is 21.0. The van der Waals surface area contributed by atoms with Crippen LogP contribution < -0.4 is 0 Å². The van der Waals surface area contributed by atoms with E-state index in [1.54, 1.807) is 0 Å². The van der Waals surface area contributed by atoms with Gasteiger partial charge in [0.25, 0.3) is 0 Å². The van der Waals surface area contributed by atoms with Gasteiger partial charge in [-0.15, -0.1) is 0 Å². The molecule has 0 amide bonds. The van der Waals surface area contributed by atoms with E-state index < -0.39 is 0 Å². The number of aliphatic imine (C=N–C) groups is 1. The second kappa shape index (κ2) is 11.8. The molecule has 37 heavy (non-hydrogen) atoms. The van der Waals surface area contributed by atoms with Crippen molar-refractivity contribution in [3.8, 4) is 5.75 Å². The number of aliphatic hydroxyl groups excluding tert-OH is 1. The third-order valence-electron chi connectivity index (χ3n) is 7.91. The second-order valence-electron chi connectivity index (χ2n) is 14.2. The molecule has 4 nitrogen and oxygen atoms in total. The summed E-state index contributed by atoms with van der Waals surface area (Å²) in [6, 6.07) is 5.11. The topological polar surface area (TPSA) is 56.1 Å². The monoisotopic (exact) mass is 510 g/mol. The summed E-state index contributed by atoms with van der Waals surface area (Å²) in [5.74, 6) is 0.511. The molecule has 2 unspecified atom stereocenters. The fraction of sp³-hybridized carbons (Fsp3) is 0.667. The van der Waals surface area contributed by atoms with E-state index in [1.165, 1.54) is 18.4 Å². The Labute approximate surface area is 227 Å². The Kier molecular flexibility index (Phi) is 9.90. The van der Waals surface area contributed by atoms with Crippen molar-refractivity contribution in [3.63, 3.8) is 0 Å². The molecule has 4 heteroatoms. The molecule has 208 valence electrons. The molecule has 1 aromatic rings. The number of hydrogen-bond donors (Lipinski definition) is 2. The standard InChI is InChI=1S/C33H54N2O2/c1-22(17-18-26(23(2)36)32(6,7)8)35(12)29-16-14-13-15-28(29)34-21-24-19-25(31(3,4)5)20-27(30(24)37)33(9,10)11/h18-22,28-29,36-37H,2,13-17H2,1,3-12H3/b26-18+,34-21+/t22?,28-,29?/m1/s1. The Morgan fingerprint density at radius 2 is 1.65 bits per heavy atom. The van der Waals surface area contributed by atoms with E-state index >= 15 is 0 Å². The van der Waals surface area contributed by atoms with Crippen molar-refractivity contribution in [1.82, 2.24) is 4.90 Å². The average Bonchev–Trinajstić information content (AvgIpc) is 2.75. The Morgan fingerprint density at radius 3 is 2.16 bits per heavy atom. The molecular formula is C33H54N2O2. The van der Waals surface area contributed by atoms with Gasteiger partial charge in [0, 0.05) is 29.4 Å². The van der Waals surface area contributed by atoms with Gasteiger partial charge in [0.1, 0.15) is 11.5 Å². The molecule has 0 heterocycles. The van der Waals surface area contributed by atoms with E-state index in [9.17, 15) is 10.2 Å². The summed E-state index contributed by atoms with van der Waals surface area (Å²) in [6.45, 7) is 25.4. The Hall–Kier alpha value is -2.07. The number of likely N-dealkylation sites (N-methyl/N-ethyl adjacent to an activating group) is 1. The van der Waals surface area contributed by atoms with Crippen molar-refractivity contribution in [2.75, 3.05) is 7.05 Å². The van der Waals surface area contributed by atoms with Gasteiger partial charge in [0.2, 0.25) is 0 Å². The fourth-order valence-electron chi connectivity index (χ4n) is 5.32. The molecule has 1 fully saturated rings. The van der Waals surface area contributed by atoms with Crippen LogP contribution in [0.5, 0.6) is 5.75 Å². The summed E-state index contributed by atoms with van der Waals surface area (Å²) >= 11 is 0. The molecule has 0 bridgehead atoms. The number of phenols is 1. The molecule has 1 aromatic carbocycles. The number of nitrogens with zero attached hydrogens (tertiary/aromatic N) is 2. The van der Waals surface area contributed by atoms with Crippen LogP contribution in [0.15, 0.2) is 41.1 Å². The molecule has 2 rings (SSSR count). The summed E-state index contributed by atoms with van der Waals surface area (Å²) in [5, 5.41) is 21.3. The van der Waals surface area contributed by atoms with E-state index in [1.807, 2.05) is 6.21 Å². The first kappa shape index (κ1) is 31.1. The maximum Gasteiger partial charge on any atom is 0.128 e. The van der Waals surface area contributed by atoms with Crippen LogP contribution >= 0.6 is 0 Å². The zero-order valence-corrected chi connectivity index (χ0v) is 25.6.